The monoisotopic (exact) mass is 448 g/mol. The minimum absolute atomic E-state index is 0.991. The Hall–Kier alpha value is -3.26. The fourth-order valence-electron chi connectivity index (χ4n) is 5.40. The zero-order chi connectivity index (χ0) is 23.1. The van der Waals surface area contributed by atoms with E-state index in [4.69, 9.17) is 8.83 Å². The number of fused-ring (bicyclic) bond motifs is 7. The van der Waals surface area contributed by atoms with E-state index < -0.39 is 0 Å². The first-order valence-corrected chi connectivity index (χ1v) is 13.0. The fraction of sp³-hybridized carbons (Fsp3) is 0.312. The van der Waals surface area contributed by atoms with Gasteiger partial charge >= 0.3 is 0 Å². The first kappa shape index (κ1) is 21.3. The van der Waals surface area contributed by atoms with Crippen LogP contribution in [0.25, 0.3) is 54.3 Å². The lowest BCUT2D eigenvalue weighted by atomic mass is 9.96. The first-order chi connectivity index (χ1) is 16.7. The highest BCUT2D eigenvalue weighted by Gasteiger charge is 2.12. The molecule has 2 heterocycles. The van der Waals surface area contributed by atoms with Crippen LogP contribution < -0.4 is 0 Å². The molecular formula is C32H32O2. The number of aryl methyl sites for hydroxylation is 2. The molecule has 0 bridgehead atoms. The maximum atomic E-state index is 6.24. The molecule has 0 aliphatic rings. The van der Waals surface area contributed by atoms with E-state index in [1.54, 1.807) is 0 Å². The minimum atomic E-state index is 0.991. The van der Waals surface area contributed by atoms with Crippen LogP contribution in [0.5, 0.6) is 0 Å². The summed E-state index contributed by atoms with van der Waals surface area (Å²) in [6, 6.07) is 22.5. The van der Waals surface area contributed by atoms with Crippen LogP contribution in [0.1, 0.15) is 63.9 Å². The molecule has 4 aromatic carbocycles. The van der Waals surface area contributed by atoms with Crippen LogP contribution in [0.3, 0.4) is 0 Å². The Labute approximate surface area is 200 Å². The van der Waals surface area contributed by atoms with Gasteiger partial charge in [-0.1, -0.05) is 63.8 Å². The molecule has 0 saturated carbocycles. The minimum Gasteiger partial charge on any atom is -0.461 e. The molecule has 0 spiro atoms. The van der Waals surface area contributed by atoms with E-state index in [-0.39, 0.29) is 0 Å². The number of hydrogen-bond donors (Lipinski definition) is 0. The number of furan rings is 2. The maximum absolute atomic E-state index is 6.24. The van der Waals surface area contributed by atoms with Crippen molar-refractivity contribution in [3.63, 3.8) is 0 Å². The van der Waals surface area contributed by atoms with Gasteiger partial charge in [-0.05, 0) is 81.6 Å². The van der Waals surface area contributed by atoms with E-state index in [0.717, 1.165) is 35.5 Å². The maximum Gasteiger partial charge on any atom is 0.134 e. The highest BCUT2D eigenvalue weighted by atomic mass is 16.3. The second-order valence-electron chi connectivity index (χ2n) is 9.79. The number of rotatable bonds is 8. The Morgan fingerprint density at radius 1 is 0.471 bits per heavy atom. The predicted molar refractivity (Wildman–Crippen MR) is 145 cm³/mol. The third-order valence-corrected chi connectivity index (χ3v) is 7.26. The van der Waals surface area contributed by atoms with E-state index in [0.29, 0.717) is 0 Å². The molecule has 0 radical (unpaired) electrons. The van der Waals surface area contributed by atoms with Crippen LogP contribution in [-0.4, -0.2) is 0 Å². The van der Waals surface area contributed by atoms with Gasteiger partial charge in [0.15, 0.2) is 0 Å². The van der Waals surface area contributed by atoms with Gasteiger partial charge in [0.05, 0.1) is 0 Å². The molecule has 0 amide bonds. The van der Waals surface area contributed by atoms with E-state index in [2.05, 4.69) is 74.5 Å². The van der Waals surface area contributed by atoms with Crippen molar-refractivity contribution < 1.29 is 8.83 Å². The average molecular weight is 449 g/mol. The van der Waals surface area contributed by atoms with Crippen LogP contribution in [0.15, 0.2) is 69.5 Å². The van der Waals surface area contributed by atoms with Gasteiger partial charge in [0, 0.05) is 23.6 Å². The number of benzene rings is 4. The van der Waals surface area contributed by atoms with Gasteiger partial charge in [-0.25, -0.2) is 0 Å². The lowest BCUT2D eigenvalue weighted by Gasteiger charge is -2.08. The van der Waals surface area contributed by atoms with Crippen molar-refractivity contribution in [2.45, 2.75) is 65.2 Å². The smallest absolute Gasteiger partial charge is 0.134 e. The molecule has 0 unspecified atom stereocenters. The van der Waals surface area contributed by atoms with Crippen LogP contribution in [-0.2, 0) is 12.8 Å². The van der Waals surface area contributed by atoms with Crippen molar-refractivity contribution >= 4 is 54.3 Å². The largest absolute Gasteiger partial charge is 0.461 e. The normalized spacial score (nSPS) is 12.2. The molecule has 6 rings (SSSR count). The highest BCUT2D eigenvalue weighted by molar-refractivity contribution is 6.20. The van der Waals surface area contributed by atoms with Gasteiger partial charge < -0.3 is 8.83 Å². The summed E-state index contributed by atoms with van der Waals surface area (Å²) < 4.78 is 12.5. The Bertz CT molecular complexity index is 1510. The van der Waals surface area contributed by atoms with Gasteiger partial charge in [-0.15, -0.1) is 0 Å². The lowest BCUT2D eigenvalue weighted by molar-refractivity contribution is 0.531. The molecule has 0 saturated heterocycles. The molecule has 0 aliphatic carbocycles. The van der Waals surface area contributed by atoms with Gasteiger partial charge in [0.1, 0.15) is 22.7 Å². The first-order valence-electron chi connectivity index (χ1n) is 13.0. The van der Waals surface area contributed by atoms with Crippen LogP contribution in [0.4, 0.5) is 0 Å². The molecule has 6 aromatic rings. The summed E-state index contributed by atoms with van der Waals surface area (Å²) in [4.78, 5) is 0. The summed E-state index contributed by atoms with van der Waals surface area (Å²) >= 11 is 0. The third kappa shape index (κ3) is 3.76. The second kappa shape index (κ2) is 8.83. The van der Waals surface area contributed by atoms with Crippen LogP contribution >= 0.6 is 0 Å². The molecule has 2 nitrogen and oxygen atoms in total. The number of unbranched alkanes of at least 4 members (excludes halogenated alkanes) is 4. The van der Waals surface area contributed by atoms with Crippen molar-refractivity contribution in [2.24, 2.45) is 0 Å². The molecule has 172 valence electrons. The summed E-state index contributed by atoms with van der Waals surface area (Å²) in [6.07, 6.45) is 9.37. The summed E-state index contributed by atoms with van der Waals surface area (Å²) in [5.74, 6) is 2.20. The molecular weight excluding hydrogens is 416 g/mol. The average Bonchev–Trinajstić information content (AvgIpc) is 3.43. The van der Waals surface area contributed by atoms with E-state index >= 15 is 0 Å². The van der Waals surface area contributed by atoms with E-state index in [1.807, 2.05) is 0 Å². The van der Waals surface area contributed by atoms with Gasteiger partial charge in [0.25, 0.3) is 0 Å². The standard InChI is InChI=1S/C32H32O2/c1-3-5-7-9-25-17-23-15-21-11-13-28-27(29(21)19-31(23)33-25)14-12-22-16-24-18-26(10-8-6-4-2)34-32(24)20-30(22)28/h11-20H,3-10H2,1-2H3. The summed E-state index contributed by atoms with van der Waals surface area (Å²) in [6.45, 7) is 4.48. The Morgan fingerprint density at radius 3 is 1.38 bits per heavy atom. The van der Waals surface area contributed by atoms with Gasteiger partial charge in [-0.3, -0.25) is 0 Å². The third-order valence-electron chi connectivity index (χ3n) is 7.26. The molecule has 2 aromatic heterocycles. The summed E-state index contributed by atoms with van der Waals surface area (Å²) in [5, 5.41) is 9.96. The second-order valence-corrected chi connectivity index (χ2v) is 9.79. The molecule has 0 N–H and O–H groups in total. The van der Waals surface area contributed by atoms with Gasteiger partial charge in [0.2, 0.25) is 0 Å². The topological polar surface area (TPSA) is 26.3 Å². The zero-order valence-electron chi connectivity index (χ0n) is 20.2. The van der Waals surface area contributed by atoms with Crippen molar-refractivity contribution in [1.82, 2.24) is 0 Å². The van der Waals surface area contributed by atoms with Crippen LogP contribution in [0.2, 0.25) is 0 Å². The molecule has 0 fully saturated rings. The summed E-state index contributed by atoms with van der Waals surface area (Å²) in [5.41, 5.74) is 1.98. The summed E-state index contributed by atoms with van der Waals surface area (Å²) in [7, 11) is 0. The Balaban J connectivity index is 1.46. The van der Waals surface area contributed by atoms with Crippen molar-refractivity contribution in [3.05, 3.63) is 72.2 Å². The predicted octanol–water partition coefficient (Wildman–Crippen LogP) is 10.1. The zero-order valence-corrected chi connectivity index (χ0v) is 20.2. The fourth-order valence-corrected chi connectivity index (χ4v) is 5.40. The van der Waals surface area contributed by atoms with Gasteiger partial charge in [-0.2, -0.15) is 0 Å². The lowest BCUT2D eigenvalue weighted by Crippen LogP contribution is -1.81. The Morgan fingerprint density at radius 2 is 0.941 bits per heavy atom. The number of hydrogen-bond acceptors (Lipinski definition) is 2. The van der Waals surface area contributed by atoms with E-state index in [1.165, 1.54) is 81.6 Å². The van der Waals surface area contributed by atoms with Crippen molar-refractivity contribution in [3.8, 4) is 0 Å². The van der Waals surface area contributed by atoms with E-state index in [9.17, 15) is 0 Å². The SMILES string of the molecule is CCCCCc1cc2cc3ccc4c5cc6oc(CCCCC)cc6cc5ccc4c3cc2o1. The Kier molecular flexibility index (Phi) is 5.53. The molecule has 34 heavy (non-hydrogen) atoms. The molecule has 2 heteroatoms. The van der Waals surface area contributed by atoms with Crippen molar-refractivity contribution in [2.75, 3.05) is 0 Å². The quantitative estimate of drug-likeness (QED) is 0.171. The molecule has 0 atom stereocenters. The van der Waals surface area contributed by atoms with Crippen molar-refractivity contribution in [1.29, 1.82) is 0 Å². The molecule has 0 aliphatic heterocycles. The highest BCUT2D eigenvalue weighted by Crippen LogP contribution is 2.36. The van der Waals surface area contributed by atoms with Crippen LogP contribution in [0, 0.1) is 0 Å².